The van der Waals surface area contributed by atoms with Crippen molar-refractivity contribution in [3.63, 3.8) is 0 Å². The highest BCUT2D eigenvalue weighted by Crippen LogP contribution is 2.33. The van der Waals surface area contributed by atoms with Gasteiger partial charge in [0.2, 0.25) is 11.8 Å². The molecule has 5 rings (SSSR count). The molecule has 0 radical (unpaired) electrons. The number of ether oxygens (including phenoxy) is 2. The lowest BCUT2D eigenvalue weighted by molar-refractivity contribution is -0.142. The molecule has 1 heterocycles. The van der Waals surface area contributed by atoms with E-state index in [0.717, 1.165) is 53.6 Å². The van der Waals surface area contributed by atoms with E-state index < -0.39 is 5.97 Å². The number of aliphatic carboxylic acids is 1. The minimum Gasteiger partial charge on any atom is -0.481 e. The molecule has 1 saturated carbocycles. The summed E-state index contributed by atoms with van der Waals surface area (Å²) in [5.41, 5.74) is 5.05. The molecule has 3 aromatic carbocycles. The van der Waals surface area contributed by atoms with Gasteiger partial charge in [-0.1, -0.05) is 72.8 Å². The summed E-state index contributed by atoms with van der Waals surface area (Å²) >= 11 is 0. The van der Waals surface area contributed by atoms with Crippen LogP contribution >= 0.6 is 0 Å². The van der Waals surface area contributed by atoms with Crippen LogP contribution < -0.4 is 14.8 Å². The lowest BCUT2D eigenvalue weighted by Gasteiger charge is -2.27. The fourth-order valence-corrected chi connectivity index (χ4v) is 4.76. The van der Waals surface area contributed by atoms with Gasteiger partial charge in [-0.25, -0.2) is 0 Å². The van der Waals surface area contributed by atoms with Crippen LogP contribution in [0.4, 0.5) is 5.69 Å². The van der Waals surface area contributed by atoms with Crippen LogP contribution in [0.25, 0.3) is 11.1 Å². The number of carboxylic acids is 1. The molecule has 0 unspecified atom stereocenters. The standard InChI is InChI=1S/C32H32N2O4/c35-32(36)26-13-17-28(18-14-26)33-27-15-11-25(12-16-27)29-19-20-30(37-21-23-7-3-1-4-8-23)34-31(29)38-22-24-9-5-2-6-10-24/h1-12,15-16,19-20,26,28,33H,13-14,17-18,21-22H2,(H,35,36). The lowest BCUT2D eigenvalue weighted by Crippen LogP contribution is -2.29. The van der Waals surface area contributed by atoms with Crippen molar-refractivity contribution < 1.29 is 19.4 Å². The summed E-state index contributed by atoms with van der Waals surface area (Å²) in [6.45, 7) is 0.835. The fraction of sp³-hybridized carbons (Fsp3) is 0.250. The van der Waals surface area contributed by atoms with Gasteiger partial charge in [-0.3, -0.25) is 4.79 Å². The molecule has 1 aliphatic carbocycles. The van der Waals surface area contributed by atoms with Crippen molar-refractivity contribution in [2.24, 2.45) is 5.92 Å². The summed E-state index contributed by atoms with van der Waals surface area (Å²) in [4.78, 5) is 15.9. The van der Waals surface area contributed by atoms with Crippen molar-refractivity contribution in [1.29, 1.82) is 0 Å². The summed E-state index contributed by atoms with van der Waals surface area (Å²) in [6.07, 6.45) is 3.17. The number of anilines is 1. The quantitative estimate of drug-likeness (QED) is 0.241. The third-order valence-electron chi connectivity index (χ3n) is 6.93. The van der Waals surface area contributed by atoms with E-state index in [-0.39, 0.29) is 5.92 Å². The zero-order valence-electron chi connectivity index (χ0n) is 21.3. The summed E-state index contributed by atoms with van der Waals surface area (Å²) in [5.74, 6) is 0.142. The highest BCUT2D eigenvalue weighted by molar-refractivity contribution is 5.71. The lowest BCUT2D eigenvalue weighted by atomic mass is 9.86. The molecular weight excluding hydrogens is 476 g/mol. The monoisotopic (exact) mass is 508 g/mol. The van der Waals surface area contributed by atoms with Gasteiger partial charge in [0.05, 0.1) is 5.92 Å². The van der Waals surface area contributed by atoms with Crippen molar-refractivity contribution in [2.45, 2.75) is 44.9 Å². The van der Waals surface area contributed by atoms with E-state index in [1.165, 1.54) is 0 Å². The van der Waals surface area contributed by atoms with Crippen LogP contribution in [-0.4, -0.2) is 22.1 Å². The van der Waals surface area contributed by atoms with Gasteiger partial charge in [0.1, 0.15) is 13.2 Å². The molecule has 4 aromatic rings. The molecule has 1 fully saturated rings. The summed E-state index contributed by atoms with van der Waals surface area (Å²) < 4.78 is 12.2. The van der Waals surface area contributed by atoms with Gasteiger partial charge in [-0.2, -0.15) is 4.98 Å². The van der Waals surface area contributed by atoms with E-state index in [9.17, 15) is 9.90 Å². The number of hydrogen-bond donors (Lipinski definition) is 2. The Balaban J connectivity index is 1.30. The number of nitrogens with zero attached hydrogens (tertiary/aromatic N) is 1. The fourth-order valence-electron chi connectivity index (χ4n) is 4.76. The zero-order valence-corrected chi connectivity index (χ0v) is 21.3. The van der Waals surface area contributed by atoms with Crippen LogP contribution in [0.15, 0.2) is 97.1 Å². The maximum absolute atomic E-state index is 11.2. The molecule has 38 heavy (non-hydrogen) atoms. The van der Waals surface area contributed by atoms with Crippen LogP contribution in [0.2, 0.25) is 0 Å². The second-order valence-electron chi connectivity index (χ2n) is 9.66. The molecule has 0 saturated heterocycles. The van der Waals surface area contributed by atoms with Gasteiger partial charge in [0.25, 0.3) is 0 Å². The third kappa shape index (κ3) is 6.71. The van der Waals surface area contributed by atoms with Crippen LogP contribution in [0.3, 0.4) is 0 Å². The molecule has 0 amide bonds. The Bertz CT molecular complexity index is 1320. The van der Waals surface area contributed by atoms with Crippen molar-refractivity contribution in [3.05, 3.63) is 108 Å². The largest absolute Gasteiger partial charge is 0.481 e. The molecule has 0 spiro atoms. The van der Waals surface area contributed by atoms with Gasteiger partial charge >= 0.3 is 5.97 Å². The Hall–Kier alpha value is -4.32. The molecule has 1 aliphatic rings. The molecule has 0 bridgehead atoms. The van der Waals surface area contributed by atoms with E-state index in [4.69, 9.17) is 14.5 Å². The average Bonchev–Trinajstić information content (AvgIpc) is 2.97. The Labute approximate surface area is 223 Å². The topological polar surface area (TPSA) is 80.7 Å². The zero-order chi connectivity index (χ0) is 26.2. The first kappa shape index (κ1) is 25.3. The van der Waals surface area contributed by atoms with Gasteiger partial charge in [0.15, 0.2) is 0 Å². The maximum Gasteiger partial charge on any atom is 0.306 e. The van der Waals surface area contributed by atoms with Crippen molar-refractivity contribution in [3.8, 4) is 22.9 Å². The highest BCUT2D eigenvalue weighted by atomic mass is 16.5. The van der Waals surface area contributed by atoms with Gasteiger partial charge in [-0.05, 0) is 60.6 Å². The number of pyridine rings is 1. The molecule has 6 nitrogen and oxygen atoms in total. The number of nitrogens with one attached hydrogen (secondary N) is 1. The number of benzene rings is 3. The first-order valence-electron chi connectivity index (χ1n) is 13.1. The number of aromatic nitrogens is 1. The van der Waals surface area contributed by atoms with E-state index >= 15 is 0 Å². The average molecular weight is 509 g/mol. The SMILES string of the molecule is O=C(O)C1CCC(Nc2ccc(-c3ccc(OCc4ccccc4)nc3OCc3ccccc3)cc2)CC1. The number of carboxylic acid groups (broad SMARTS) is 1. The third-order valence-corrected chi connectivity index (χ3v) is 6.93. The number of carbonyl (C=O) groups is 1. The number of rotatable bonds is 10. The second-order valence-corrected chi connectivity index (χ2v) is 9.66. The molecule has 0 aliphatic heterocycles. The number of hydrogen-bond acceptors (Lipinski definition) is 5. The summed E-state index contributed by atoms with van der Waals surface area (Å²) in [6, 6.07) is 32.4. The Morgan fingerprint density at radius 1 is 0.763 bits per heavy atom. The van der Waals surface area contributed by atoms with Gasteiger partial charge < -0.3 is 19.9 Å². The Morgan fingerprint density at radius 3 is 1.97 bits per heavy atom. The van der Waals surface area contributed by atoms with E-state index in [1.807, 2.05) is 72.8 Å². The molecular formula is C32H32N2O4. The van der Waals surface area contributed by atoms with Crippen LogP contribution in [-0.2, 0) is 18.0 Å². The smallest absolute Gasteiger partial charge is 0.306 e. The molecule has 2 N–H and O–H groups in total. The summed E-state index contributed by atoms with van der Waals surface area (Å²) in [5, 5.41) is 12.8. The van der Waals surface area contributed by atoms with Crippen molar-refractivity contribution in [2.75, 3.05) is 5.32 Å². The van der Waals surface area contributed by atoms with E-state index in [0.29, 0.717) is 31.0 Å². The van der Waals surface area contributed by atoms with Gasteiger partial charge in [0, 0.05) is 23.4 Å². The molecule has 1 aromatic heterocycles. The first-order valence-corrected chi connectivity index (χ1v) is 13.1. The van der Waals surface area contributed by atoms with Crippen LogP contribution in [0, 0.1) is 5.92 Å². The first-order chi connectivity index (χ1) is 18.6. The van der Waals surface area contributed by atoms with Gasteiger partial charge in [-0.15, -0.1) is 0 Å². The second kappa shape index (κ2) is 12.3. The predicted molar refractivity (Wildman–Crippen MR) is 148 cm³/mol. The predicted octanol–water partition coefficient (Wildman–Crippen LogP) is 6.96. The molecule has 194 valence electrons. The van der Waals surface area contributed by atoms with Crippen molar-refractivity contribution >= 4 is 11.7 Å². The van der Waals surface area contributed by atoms with Crippen LogP contribution in [0.5, 0.6) is 11.8 Å². The molecule has 6 heteroatoms. The summed E-state index contributed by atoms with van der Waals surface area (Å²) in [7, 11) is 0. The van der Waals surface area contributed by atoms with E-state index in [2.05, 4.69) is 29.6 Å². The van der Waals surface area contributed by atoms with Crippen molar-refractivity contribution in [1.82, 2.24) is 4.98 Å². The Kier molecular flexibility index (Phi) is 8.19. The minimum atomic E-state index is -0.678. The normalized spacial score (nSPS) is 16.9. The van der Waals surface area contributed by atoms with Crippen LogP contribution in [0.1, 0.15) is 36.8 Å². The molecule has 0 atom stereocenters. The highest BCUT2D eigenvalue weighted by Gasteiger charge is 2.25. The minimum absolute atomic E-state index is 0.211. The maximum atomic E-state index is 11.2. The Morgan fingerprint density at radius 2 is 1.37 bits per heavy atom. The van der Waals surface area contributed by atoms with E-state index in [1.54, 1.807) is 0 Å².